The van der Waals surface area contributed by atoms with Gasteiger partial charge in [0.1, 0.15) is 24.1 Å². The molecule has 0 radical (unpaired) electrons. The molecule has 0 aliphatic carbocycles. The zero-order valence-corrected chi connectivity index (χ0v) is 31.8. The molecule has 6 rings (SSSR count). The summed E-state index contributed by atoms with van der Waals surface area (Å²) in [7, 11) is -2.92. The molecule has 1 atom stereocenters. The van der Waals surface area contributed by atoms with Gasteiger partial charge in [0.05, 0.1) is 43.0 Å². The third kappa shape index (κ3) is 8.48. The van der Waals surface area contributed by atoms with Crippen molar-refractivity contribution in [3.63, 3.8) is 0 Å². The van der Waals surface area contributed by atoms with Crippen LogP contribution in [-0.2, 0) is 31.1 Å². The molecular formula is C36H38Cl2N6O9S. The van der Waals surface area contributed by atoms with E-state index in [1.807, 2.05) is 26.0 Å². The Hall–Kier alpha value is -4.71. The summed E-state index contributed by atoms with van der Waals surface area (Å²) in [5.74, 6) is -1.50. The van der Waals surface area contributed by atoms with Crippen LogP contribution in [-0.4, -0.2) is 96.1 Å². The second-order valence-electron chi connectivity index (χ2n) is 13.4. The van der Waals surface area contributed by atoms with Crippen LogP contribution in [0.3, 0.4) is 0 Å². The van der Waals surface area contributed by atoms with Crippen LogP contribution in [0.1, 0.15) is 36.3 Å². The van der Waals surface area contributed by atoms with E-state index in [4.69, 9.17) is 52.8 Å². The number of amides is 3. The van der Waals surface area contributed by atoms with Gasteiger partial charge in [0.25, 0.3) is 16.0 Å². The smallest absolute Gasteiger partial charge is 0.275 e. The van der Waals surface area contributed by atoms with Crippen LogP contribution in [0.15, 0.2) is 54.6 Å². The summed E-state index contributed by atoms with van der Waals surface area (Å²) in [5.41, 5.74) is 9.26. The Kier molecular flexibility index (Phi) is 11.2. The van der Waals surface area contributed by atoms with Crippen LogP contribution in [0, 0.1) is 0 Å². The van der Waals surface area contributed by atoms with E-state index < -0.39 is 39.3 Å². The zero-order valence-electron chi connectivity index (χ0n) is 29.5. The standard InChI is InChI=1S/C36H38Cl2N6O9S/c1-36(2)19-52-10-9-43(36)35(47)32-27-17-53-30-16-29(51-3)25(15-26(30)33(27)44(42-32)24-13-21(37)12-22(38)14-24)20-5-4-6-23(11-20)41-31(45)7-8-40-34(46)28(39)18-54(48,49)50/h4-6,11-16,28H,7-10,17-19,39H2,1-3H3,(H,40,46)(H,41,45)(H,48,49,50)/t28-/m0/s1. The first-order valence-corrected chi connectivity index (χ1v) is 19.1. The molecule has 0 spiro atoms. The summed E-state index contributed by atoms with van der Waals surface area (Å²) in [4.78, 5) is 40.9. The predicted octanol–water partition coefficient (Wildman–Crippen LogP) is 4.33. The number of carbonyl (C=O) groups excluding carboxylic acids is 3. The molecule has 1 aromatic heterocycles. The van der Waals surface area contributed by atoms with Crippen molar-refractivity contribution in [2.75, 3.05) is 44.5 Å². The number of nitrogens with zero attached hydrogens (tertiary/aromatic N) is 3. The molecule has 5 N–H and O–H groups in total. The molecule has 18 heteroatoms. The molecule has 15 nitrogen and oxygen atoms in total. The number of ether oxygens (including phenoxy) is 3. The Bertz CT molecular complexity index is 2220. The van der Waals surface area contributed by atoms with E-state index in [1.54, 1.807) is 52.0 Å². The quantitative estimate of drug-likeness (QED) is 0.157. The molecule has 3 heterocycles. The number of halogens is 2. The fraction of sp³-hybridized carbons (Fsp3) is 0.333. The van der Waals surface area contributed by atoms with E-state index in [1.165, 1.54) is 7.11 Å². The number of aromatic nitrogens is 2. The molecule has 0 unspecified atom stereocenters. The van der Waals surface area contributed by atoms with Crippen molar-refractivity contribution in [3.8, 4) is 39.6 Å². The first-order valence-electron chi connectivity index (χ1n) is 16.8. The maximum absolute atomic E-state index is 14.2. The number of nitrogens with two attached hydrogens (primary N) is 1. The first-order chi connectivity index (χ1) is 25.5. The molecule has 0 saturated carbocycles. The molecule has 4 aromatic rings. The predicted molar refractivity (Wildman–Crippen MR) is 202 cm³/mol. The lowest BCUT2D eigenvalue weighted by Gasteiger charge is -2.41. The Balaban J connectivity index is 1.34. The highest BCUT2D eigenvalue weighted by molar-refractivity contribution is 7.85. The lowest BCUT2D eigenvalue weighted by Crippen LogP contribution is -2.55. The number of hydrogen-bond donors (Lipinski definition) is 4. The molecule has 2 aliphatic rings. The van der Waals surface area contributed by atoms with E-state index in [2.05, 4.69) is 10.6 Å². The minimum absolute atomic E-state index is 0.0550. The SMILES string of the molecule is COc1cc2c(cc1-c1cccc(NC(=O)CCNC(=O)[C@@H](N)CS(=O)(=O)O)c1)-c1c(c(C(=O)N3CCOCC3(C)C)nn1-c1cc(Cl)cc(Cl)c1)CO2. The Morgan fingerprint density at radius 2 is 1.83 bits per heavy atom. The number of morpholine rings is 1. The summed E-state index contributed by atoms with van der Waals surface area (Å²) in [6.45, 7) is 4.98. The molecule has 3 aromatic carbocycles. The number of fused-ring (bicyclic) bond motifs is 3. The lowest BCUT2D eigenvalue weighted by atomic mass is 9.95. The van der Waals surface area contributed by atoms with Gasteiger partial charge < -0.3 is 35.5 Å². The highest BCUT2D eigenvalue weighted by Gasteiger charge is 2.39. The van der Waals surface area contributed by atoms with Crippen molar-refractivity contribution < 1.29 is 41.6 Å². The van der Waals surface area contributed by atoms with Gasteiger partial charge >= 0.3 is 0 Å². The minimum Gasteiger partial charge on any atom is -0.496 e. The summed E-state index contributed by atoms with van der Waals surface area (Å²) in [5, 5.41) is 10.8. The summed E-state index contributed by atoms with van der Waals surface area (Å²) >= 11 is 12.9. The maximum Gasteiger partial charge on any atom is 0.275 e. The van der Waals surface area contributed by atoms with Crippen LogP contribution in [0.5, 0.6) is 11.5 Å². The van der Waals surface area contributed by atoms with E-state index in [0.29, 0.717) is 80.6 Å². The van der Waals surface area contributed by atoms with Crippen LogP contribution < -0.4 is 25.8 Å². The molecule has 286 valence electrons. The van der Waals surface area contributed by atoms with E-state index in [0.717, 1.165) is 0 Å². The fourth-order valence-corrected chi connectivity index (χ4v) is 7.50. The average molecular weight is 802 g/mol. The first kappa shape index (κ1) is 39.0. The number of nitrogens with one attached hydrogen (secondary N) is 2. The van der Waals surface area contributed by atoms with Crippen molar-refractivity contribution in [3.05, 3.63) is 75.9 Å². The Morgan fingerprint density at radius 1 is 1.09 bits per heavy atom. The number of benzene rings is 3. The van der Waals surface area contributed by atoms with Crippen molar-refractivity contribution >= 4 is 56.7 Å². The third-order valence-corrected chi connectivity index (χ3v) is 10.1. The van der Waals surface area contributed by atoms with E-state index in [9.17, 15) is 22.8 Å². The summed E-state index contributed by atoms with van der Waals surface area (Å²) in [6, 6.07) is 14.2. The molecule has 1 fully saturated rings. The zero-order chi connectivity index (χ0) is 38.9. The van der Waals surface area contributed by atoms with Crippen LogP contribution in [0.2, 0.25) is 10.0 Å². The highest BCUT2D eigenvalue weighted by Crippen LogP contribution is 2.47. The molecule has 2 aliphatic heterocycles. The number of rotatable bonds is 11. The summed E-state index contributed by atoms with van der Waals surface area (Å²) < 4.78 is 50.3. The second kappa shape index (κ2) is 15.6. The maximum atomic E-state index is 14.2. The van der Waals surface area contributed by atoms with Gasteiger partial charge in [-0.3, -0.25) is 18.9 Å². The van der Waals surface area contributed by atoms with E-state index in [-0.39, 0.29) is 31.2 Å². The average Bonchev–Trinajstić information content (AvgIpc) is 3.50. The lowest BCUT2D eigenvalue weighted by molar-refractivity contribution is -0.122. The van der Waals surface area contributed by atoms with Gasteiger partial charge in [0.2, 0.25) is 11.8 Å². The van der Waals surface area contributed by atoms with Gasteiger partial charge in [-0.05, 0) is 55.8 Å². The number of hydrogen-bond acceptors (Lipinski definition) is 10. The third-order valence-electron chi connectivity index (χ3n) is 8.93. The molecular weight excluding hydrogens is 763 g/mol. The minimum atomic E-state index is -4.45. The highest BCUT2D eigenvalue weighted by atomic mass is 35.5. The number of carbonyl (C=O) groups is 3. The van der Waals surface area contributed by atoms with Crippen LogP contribution in [0.25, 0.3) is 28.1 Å². The largest absolute Gasteiger partial charge is 0.496 e. The molecule has 0 bridgehead atoms. The van der Waals surface area contributed by atoms with Crippen molar-refractivity contribution in [1.82, 2.24) is 20.0 Å². The number of methoxy groups -OCH3 is 1. The van der Waals surface area contributed by atoms with Gasteiger partial charge in [-0.25, -0.2) is 4.68 Å². The van der Waals surface area contributed by atoms with Gasteiger partial charge in [-0.1, -0.05) is 35.3 Å². The van der Waals surface area contributed by atoms with Crippen LogP contribution in [0.4, 0.5) is 5.69 Å². The van der Waals surface area contributed by atoms with Gasteiger partial charge in [0.15, 0.2) is 5.69 Å². The van der Waals surface area contributed by atoms with Crippen molar-refractivity contribution in [1.29, 1.82) is 0 Å². The van der Waals surface area contributed by atoms with Gasteiger partial charge in [-0.2, -0.15) is 13.5 Å². The second-order valence-corrected chi connectivity index (χ2v) is 15.8. The Morgan fingerprint density at radius 3 is 2.52 bits per heavy atom. The number of anilines is 1. The summed E-state index contributed by atoms with van der Waals surface area (Å²) in [6.07, 6.45) is -0.142. The van der Waals surface area contributed by atoms with Crippen molar-refractivity contribution in [2.45, 2.75) is 38.5 Å². The normalized spacial score (nSPS) is 15.4. The Labute approximate surface area is 321 Å². The topological polar surface area (TPSA) is 204 Å². The molecule has 1 saturated heterocycles. The van der Waals surface area contributed by atoms with E-state index >= 15 is 0 Å². The monoisotopic (exact) mass is 800 g/mol. The molecule has 54 heavy (non-hydrogen) atoms. The van der Waals surface area contributed by atoms with Gasteiger partial charge in [0, 0.05) is 58.0 Å². The fourth-order valence-electron chi connectivity index (χ4n) is 6.38. The van der Waals surface area contributed by atoms with Crippen LogP contribution >= 0.6 is 23.2 Å². The molecule has 3 amide bonds. The van der Waals surface area contributed by atoms with Crippen molar-refractivity contribution in [2.24, 2.45) is 5.73 Å². The van der Waals surface area contributed by atoms with Gasteiger partial charge in [-0.15, -0.1) is 0 Å².